The van der Waals surface area contributed by atoms with Crippen molar-refractivity contribution < 1.29 is 0 Å². The molecule has 0 spiro atoms. The normalized spacial score (nSPS) is 16.2. The number of rotatable bonds is 3. The minimum absolute atomic E-state index is 0.0479. The van der Waals surface area contributed by atoms with E-state index in [9.17, 15) is 0 Å². The van der Waals surface area contributed by atoms with E-state index in [0.29, 0.717) is 0 Å². The van der Waals surface area contributed by atoms with Crippen LogP contribution < -0.4 is 5.32 Å². The summed E-state index contributed by atoms with van der Waals surface area (Å²) < 4.78 is 0. The van der Waals surface area contributed by atoms with Gasteiger partial charge >= 0.3 is 0 Å². The topological polar surface area (TPSA) is 37.8 Å². The molecule has 1 aromatic carbocycles. The van der Waals surface area contributed by atoms with Gasteiger partial charge in [0, 0.05) is 11.4 Å². The van der Waals surface area contributed by atoms with Crippen molar-refractivity contribution in [3.8, 4) is 0 Å². The maximum atomic E-state index is 4.48. The first-order valence-corrected chi connectivity index (χ1v) is 6.75. The lowest BCUT2D eigenvalue weighted by atomic mass is 10.0. The highest BCUT2D eigenvalue weighted by molar-refractivity contribution is 5.43. The minimum atomic E-state index is 0.0479. The number of aryl methyl sites for hydroxylation is 3. The van der Waals surface area contributed by atoms with Crippen LogP contribution in [-0.4, -0.2) is 9.97 Å². The molecule has 3 nitrogen and oxygen atoms in total. The number of benzene rings is 1. The summed E-state index contributed by atoms with van der Waals surface area (Å²) in [5.74, 6) is 0.747. The highest BCUT2D eigenvalue weighted by Gasteiger charge is 2.45. The van der Waals surface area contributed by atoms with Crippen molar-refractivity contribution in [2.24, 2.45) is 0 Å². The van der Waals surface area contributed by atoms with Crippen LogP contribution in [0, 0.1) is 20.8 Å². The fourth-order valence-corrected chi connectivity index (χ4v) is 2.55. The smallest absolute Gasteiger partial charge is 0.223 e. The molecule has 19 heavy (non-hydrogen) atoms. The molecule has 0 bridgehead atoms. The molecule has 1 fully saturated rings. The van der Waals surface area contributed by atoms with Gasteiger partial charge in [-0.2, -0.15) is 0 Å². The van der Waals surface area contributed by atoms with Crippen molar-refractivity contribution >= 4 is 5.95 Å². The van der Waals surface area contributed by atoms with Crippen molar-refractivity contribution in [1.82, 2.24) is 9.97 Å². The quantitative estimate of drug-likeness (QED) is 0.909. The van der Waals surface area contributed by atoms with E-state index in [2.05, 4.69) is 46.5 Å². The molecular formula is C16H19N3. The third-order valence-electron chi connectivity index (χ3n) is 3.65. The Bertz CT molecular complexity index is 595. The zero-order chi connectivity index (χ0) is 13.5. The molecule has 3 rings (SSSR count). The summed E-state index contributed by atoms with van der Waals surface area (Å²) in [5, 5.41) is 3.53. The lowest BCUT2D eigenvalue weighted by molar-refractivity contribution is 0.784. The monoisotopic (exact) mass is 253 g/mol. The molecule has 0 aliphatic heterocycles. The van der Waals surface area contributed by atoms with Crippen LogP contribution in [0.1, 0.15) is 35.4 Å². The van der Waals surface area contributed by atoms with Crippen LogP contribution >= 0.6 is 0 Å². The molecule has 0 unspecified atom stereocenters. The Labute approximate surface area is 114 Å². The van der Waals surface area contributed by atoms with Gasteiger partial charge in [-0.25, -0.2) is 9.97 Å². The molecule has 0 amide bonds. The first kappa shape index (κ1) is 12.2. The second-order valence-electron chi connectivity index (χ2n) is 5.55. The largest absolute Gasteiger partial charge is 0.345 e. The first-order chi connectivity index (χ1) is 9.07. The summed E-state index contributed by atoms with van der Waals surface area (Å²) in [5.41, 5.74) is 4.71. The van der Waals surface area contributed by atoms with Crippen molar-refractivity contribution in [2.75, 3.05) is 5.32 Å². The molecule has 1 aliphatic rings. The van der Waals surface area contributed by atoms with Crippen LogP contribution in [0.25, 0.3) is 0 Å². The third-order valence-corrected chi connectivity index (χ3v) is 3.65. The summed E-state index contributed by atoms with van der Waals surface area (Å²) in [6, 6.07) is 10.7. The highest BCUT2D eigenvalue weighted by atomic mass is 15.2. The van der Waals surface area contributed by atoms with E-state index in [0.717, 1.165) is 30.2 Å². The average Bonchev–Trinajstić information content (AvgIpc) is 3.08. The number of hydrogen-bond donors (Lipinski definition) is 1. The molecule has 0 radical (unpaired) electrons. The van der Waals surface area contributed by atoms with Gasteiger partial charge in [0.25, 0.3) is 0 Å². The Morgan fingerprint density at radius 1 is 1.00 bits per heavy atom. The van der Waals surface area contributed by atoms with Gasteiger partial charge in [-0.1, -0.05) is 29.8 Å². The molecule has 1 aromatic heterocycles. The van der Waals surface area contributed by atoms with Crippen LogP contribution in [0.2, 0.25) is 0 Å². The highest BCUT2D eigenvalue weighted by Crippen LogP contribution is 2.47. The van der Waals surface area contributed by atoms with Gasteiger partial charge in [0.05, 0.1) is 5.54 Å². The van der Waals surface area contributed by atoms with Gasteiger partial charge in [-0.3, -0.25) is 0 Å². The summed E-state index contributed by atoms with van der Waals surface area (Å²) in [6.45, 7) is 6.14. The number of aromatic nitrogens is 2. The molecular weight excluding hydrogens is 234 g/mol. The molecule has 3 heteroatoms. The van der Waals surface area contributed by atoms with Gasteiger partial charge in [0.1, 0.15) is 0 Å². The number of nitrogens with zero attached hydrogens (tertiary/aromatic N) is 2. The molecule has 1 N–H and O–H groups in total. The van der Waals surface area contributed by atoms with Gasteiger partial charge in [-0.15, -0.1) is 0 Å². The molecule has 98 valence electrons. The number of anilines is 1. The van der Waals surface area contributed by atoms with E-state index in [1.807, 2.05) is 19.9 Å². The molecule has 0 saturated heterocycles. The Balaban J connectivity index is 1.90. The second-order valence-corrected chi connectivity index (χ2v) is 5.55. The summed E-state index contributed by atoms with van der Waals surface area (Å²) >= 11 is 0. The van der Waals surface area contributed by atoms with Crippen molar-refractivity contribution in [3.05, 3.63) is 52.8 Å². The van der Waals surface area contributed by atoms with Gasteiger partial charge in [0.15, 0.2) is 0 Å². The molecule has 2 aromatic rings. The Kier molecular flexibility index (Phi) is 2.77. The standard InChI is InChI=1S/C16H19N3/c1-11-5-4-6-14(9-11)16(7-8-16)19-15-17-12(2)10-13(3)18-15/h4-6,9-10H,7-8H2,1-3H3,(H,17,18,19). The zero-order valence-corrected chi connectivity index (χ0v) is 11.7. The zero-order valence-electron chi connectivity index (χ0n) is 11.7. The van der Waals surface area contributed by atoms with E-state index in [-0.39, 0.29) is 5.54 Å². The van der Waals surface area contributed by atoms with Crippen LogP contribution in [0.15, 0.2) is 30.3 Å². The minimum Gasteiger partial charge on any atom is -0.345 e. The van der Waals surface area contributed by atoms with Crippen molar-refractivity contribution in [3.63, 3.8) is 0 Å². The van der Waals surface area contributed by atoms with E-state index in [4.69, 9.17) is 0 Å². The molecule has 1 heterocycles. The predicted molar refractivity (Wildman–Crippen MR) is 77.2 cm³/mol. The Morgan fingerprint density at radius 2 is 1.68 bits per heavy atom. The average molecular weight is 253 g/mol. The van der Waals surface area contributed by atoms with Crippen LogP contribution in [-0.2, 0) is 5.54 Å². The number of hydrogen-bond acceptors (Lipinski definition) is 3. The van der Waals surface area contributed by atoms with Crippen molar-refractivity contribution in [2.45, 2.75) is 39.2 Å². The summed E-state index contributed by atoms with van der Waals surface area (Å²) in [7, 11) is 0. The van der Waals surface area contributed by atoms with E-state index < -0.39 is 0 Å². The van der Waals surface area contributed by atoms with E-state index in [1.165, 1.54) is 11.1 Å². The second kappa shape index (κ2) is 4.34. The van der Waals surface area contributed by atoms with E-state index >= 15 is 0 Å². The fraction of sp³-hybridized carbons (Fsp3) is 0.375. The SMILES string of the molecule is Cc1cccc(C2(Nc3nc(C)cc(C)n3)CC2)c1. The summed E-state index contributed by atoms with van der Waals surface area (Å²) in [6.07, 6.45) is 2.29. The first-order valence-electron chi connectivity index (χ1n) is 6.75. The lowest BCUT2D eigenvalue weighted by Gasteiger charge is -2.19. The van der Waals surface area contributed by atoms with Gasteiger partial charge in [-0.05, 0) is 45.2 Å². The Hall–Kier alpha value is -1.90. The van der Waals surface area contributed by atoms with Gasteiger partial charge < -0.3 is 5.32 Å². The van der Waals surface area contributed by atoms with Crippen molar-refractivity contribution in [1.29, 1.82) is 0 Å². The molecule has 0 atom stereocenters. The van der Waals surface area contributed by atoms with Crippen LogP contribution in [0.4, 0.5) is 5.95 Å². The summed E-state index contributed by atoms with van der Waals surface area (Å²) in [4.78, 5) is 8.97. The Morgan fingerprint density at radius 3 is 2.26 bits per heavy atom. The maximum absolute atomic E-state index is 4.48. The van der Waals surface area contributed by atoms with Gasteiger partial charge in [0.2, 0.25) is 5.95 Å². The maximum Gasteiger partial charge on any atom is 0.223 e. The van der Waals surface area contributed by atoms with Crippen LogP contribution in [0.5, 0.6) is 0 Å². The molecule has 1 saturated carbocycles. The lowest BCUT2D eigenvalue weighted by Crippen LogP contribution is -2.21. The van der Waals surface area contributed by atoms with Crippen LogP contribution in [0.3, 0.4) is 0 Å². The fourth-order valence-electron chi connectivity index (χ4n) is 2.55. The molecule has 1 aliphatic carbocycles. The predicted octanol–water partition coefficient (Wildman–Crippen LogP) is 3.50. The number of nitrogens with one attached hydrogen (secondary N) is 1. The van der Waals surface area contributed by atoms with E-state index in [1.54, 1.807) is 0 Å². The third kappa shape index (κ3) is 2.46.